The highest BCUT2D eigenvalue weighted by molar-refractivity contribution is 5.59. The number of anilines is 4. The Morgan fingerprint density at radius 3 is 2.65 bits per heavy atom. The molecule has 1 saturated heterocycles. The smallest absolute Gasteiger partial charge is 0.229 e. The summed E-state index contributed by atoms with van der Waals surface area (Å²) in [6.45, 7) is 4.46. The van der Waals surface area contributed by atoms with Crippen LogP contribution < -0.4 is 15.1 Å². The fourth-order valence-corrected chi connectivity index (χ4v) is 2.96. The van der Waals surface area contributed by atoms with E-state index >= 15 is 0 Å². The molecule has 0 amide bonds. The summed E-state index contributed by atoms with van der Waals surface area (Å²) in [5.74, 6) is 2.39. The molecule has 5 nitrogen and oxygen atoms in total. The number of hydrogen-bond acceptors (Lipinski definition) is 5. The highest BCUT2D eigenvalue weighted by Gasteiger charge is 2.17. The van der Waals surface area contributed by atoms with E-state index in [0.717, 1.165) is 30.5 Å². The molecule has 5 heteroatoms. The minimum absolute atomic E-state index is 0.651. The lowest BCUT2D eigenvalue weighted by molar-refractivity contribution is 0.444. The van der Waals surface area contributed by atoms with Gasteiger partial charge in [0.1, 0.15) is 5.82 Å². The molecule has 0 bridgehead atoms. The maximum absolute atomic E-state index is 4.68. The Hall–Kier alpha value is -2.30. The Balaban J connectivity index is 1.72. The zero-order chi connectivity index (χ0) is 16.2. The third kappa shape index (κ3) is 3.92. The Morgan fingerprint density at radius 2 is 1.96 bits per heavy atom. The second kappa shape index (κ2) is 6.86. The summed E-state index contributed by atoms with van der Waals surface area (Å²) in [5, 5.41) is 3.29. The number of nitrogens with zero attached hydrogens (tertiary/aromatic N) is 4. The van der Waals surface area contributed by atoms with Gasteiger partial charge in [-0.3, -0.25) is 0 Å². The van der Waals surface area contributed by atoms with Crippen LogP contribution in [0.25, 0.3) is 0 Å². The lowest BCUT2D eigenvalue weighted by Crippen LogP contribution is -2.34. The van der Waals surface area contributed by atoms with Gasteiger partial charge in [0.15, 0.2) is 0 Å². The van der Waals surface area contributed by atoms with Crippen LogP contribution in [0.15, 0.2) is 36.5 Å². The van der Waals surface area contributed by atoms with Crippen LogP contribution >= 0.6 is 0 Å². The molecule has 0 aliphatic carbocycles. The summed E-state index contributed by atoms with van der Waals surface area (Å²) in [6, 6.07) is 10.3. The van der Waals surface area contributed by atoms with Crippen LogP contribution in [0.5, 0.6) is 0 Å². The van der Waals surface area contributed by atoms with E-state index in [-0.39, 0.29) is 0 Å². The maximum Gasteiger partial charge on any atom is 0.229 e. The second-order valence-electron chi connectivity index (χ2n) is 6.50. The topological polar surface area (TPSA) is 44.3 Å². The fourth-order valence-electron chi connectivity index (χ4n) is 2.96. The Bertz CT molecular complexity index is 638. The molecule has 0 saturated carbocycles. The van der Waals surface area contributed by atoms with E-state index in [1.54, 1.807) is 0 Å². The SMILES string of the molecule is CC1CCCN(c2ccnc(Nc3ccc(N(C)C)cc3)n2)C1. The summed E-state index contributed by atoms with van der Waals surface area (Å²) < 4.78 is 0. The van der Waals surface area contributed by atoms with Gasteiger partial charge in [0.25, 0.3) is 0 Å². The van der Waals surface area contributed by atoms with E-state index < -0.39 is 0 Å². The van der Waals surface area contributed by atoms with Crippen molar-refractivity contribution in [3.8, 4) is 0 Å². The van der Waals surface area contributed by atoms with Crippen molar-refractivity contribution < 1.29 is 0 Å². The molecule has 122 valence electrons. The van der Waals surface area contributed by atoms with E-state index in [2.05, 4.69) is 44.1 Å². The standard InChI is InChI=1S/C18H25N5/c1-14-5-4-12-23(13-14)17-10-11-19-18(21-17)20-15-6-8-16(9-7-15)22(2)3/h6-11,14H,4-5,12-13H2,1-3H3,(H,19,20,21). The molecule has 1 aliphatic heterocycles. The molecule has 23 heavy (non-hydrogen) atoms. The lowest BCUT2D eigenvalue weighted by Gasteiger charge is -2.31. The zero-order valence-electron chi connectivity index (χ0n) is 14.2. The Morgan fingerprint density at radius 1 is 1.17 bits per heavy atom. The van der Waals surface area contributed by atoms with Crippen LogP contribution in [0, 0.1) is 5.92 Å². The number of benzene rings is 1. The van der Waals surface area contributed by atoms with Crippen molar-refractivity contribution in [3.63, 3.8) is 0 Å². The van der Waals surface area contributed by atoms with Gasteiger partial charge in [0.05, 0.1) is 0 Å². The minimum Gasteiger partial charge on any atom is -0.378 e. The van der Waals surface area contributed by atoms with E-state index in [1.807, 2.05) is 38.5 Å². The molecule has 1 aromatic carbocycles. The fraction of sp³-hybridized carbons (Fsp3) is 0.444. The number of rotatable bonds is 4. The van der Waals surface area contributed by atoms with Gasteiger partial charge in [-0.05, 0) is 49.1 Å². The maximum atomic E-state index is 4.68. The van der Waals surface area contributed by atoms with Gasteiger partial charge >= 0.3 is 0 Å². The molecule has 0 radical (unpaired) electrons. The average molecular weight is 311 g/mol. The first kappa shape index (κ1) is 15.6. The summed E-state index contributed by atoms with van der Waals surface area (Å²) in [7, 11) is 4.07. The lowest BCUT2D eigenvalue weighted by atomic mass is 10.0. The van der Waals surface area contributed by atoms with Crippen molar-refractivity contribution in [3.05, 3.63) is 36.5 Å². The van der Waals surface area contributed by atoms with Gasteiger partial charge in [0, 0.05) is 44.8 Å². The van der Waals surface area contributed by atoms with Gasteiger partial charge < -0.3 is 15.1 Å². The van der Waals surface area contributed by atoms with Crippen molar-refractivity contribution in [2.45, 2.75) is 19.8 Å². The van der Waals surface area contributed by atoms with Crippen molar-refractivity contribution in [1.29, 1.82) is 0 Å². The van der Waals surface area contributed by atoms with Gasteiger partial charge in [-0.1, -0.05) is 6.92 Å². The summed E-state index contributed by atoms with van der Waals surface area (Å²) in [6.07, 6.45) is 4.38. The number of hydrogen-bond donors (Lipinski definition) is 1. The van der Waals surface area contributed by atoms with Crippen molar-refractivity contribution in [2.24, 2.45) is 5.92 Å². The largest absolute Gasteiger partial charge is 0.378 e. The first-order valence-corrected chi connectivity index (χ1v) is 8.24. The second-order valence-corrected chi connectivity index (χ2v) is 6.50. The predicted octanol–water partition coefficient (Wildman–Crippen LogP) is 3.52. The highest BCUT2D eigenvalue weighted by atomic mass is 15.2. The minimum atomic E-state index is 0.651. The van der Waals surface area contributed by atoms with Crippen LogP contribution in [0.2, 0.25) is 0 Å². The third-order valence-corrected chi connectivity index (χ3v) is 4.26. The van der Waals surface area contributed by atoms with E-state index in [4.69, 9.17) is 0 Å². The number of aromatic nitrogens is 2. The number of nitrogens with one attached hydrogen (secondary N) is 1. The summed E-state index contributed by atoms with van der Waals surface area (Å²) >= 11 is 0. The van der Waals surface area contributed by atoms with Gasteiger partial charge in [0.2, 0.25) is 5.95 Å². The van der Waals surface area contributed by atoms with Gasteiger partial charge in [-0.15, -0.1) is 0 Å². The zero-order valence-corrected chi connectivity index (χ0v) is 14.2. The average Bonchev–Trinajstić information content (AvgIpc) is 2.56. The van der Waals surface area contributed by atoms with E-state index in [0.29, 0.717) is 5.95 Å². The monoisotopic (exact) mass is 311 g/mol. The normalized spacial score (nSPS) is 17.9. The van der Waals surface area contributed by atoms with E-state index in [9.17, 15) is 0 Å². The molecule has 1 atom stereocenters. The van der Waals surface area contributed by atoms with Crippen LogP contribution in [0.4, 0.5) is 23.1 Å². The molecule has 1 N–H and O–H groups in total. The Kier molecular flexibility index (Phi) is 4.65. The third-order valence-electron chi connectivity index (χ3n) is 4.26. The summed E-state index contributed by atoms with van der Waals surface area (Å²) in [4.78, 5) is 13.5. The molecule has 2 heterocycles. The van der Waals surface area contributed by atoms with Gasteiger partial charge in [-0.25, -0.2) is 4.98 Å². The van der Waals surface area contributed by atoms with Crippen molar-refractivity contribution >= 4 is 23.1 Å². The van der Waals surface area contributed by atoms with Crippen LogP contribution in [-0.2, 0) is 0 Å². The molecule has 1 aromatic heterocycles. The Labute approximate surface area is 138 Å². The van der Waals surface area contributed by atoms with Crippen molar-refractivity contribution in [1.82, 2.24) is 9.97 Å². The molecule has 0 spiro atoms. The van der Waals surface area contributed by atoms with Crippen LogP contribution in [-0.4, -0.2) is 37.2 Å². The quantitative estimate of drug-likeness (QED) is 0.936. The van der Waals surface area contributed by atoms with Gasteiger partial charge in [-0.2, -0.15) is 4.98 Å². The first-order chi connectivity index (χ1) is 11.1. The molecule has 2 aromatic rings. The summed E-state index contributed by atoms with van der Waals surface area (Å²) in [5.41, 5.74) is 2.17. The molecular formula is C18H25N5. The molecule has 3 rings (SSSR count). The van der Waals surface area contributed by atoms with Crippen LogP contribution in [0.1, 0.15) is 19.8 Å². The first-order valence-electron chi connectivity index (χ1n) is 8.24. The van der Waals surface area contributed by atoms with Crippen LogP contribution in [0.3, 0.4) is 0 Å². The molecular weight excluding hydrogens is 286 g/mol. The molecule has 1 aliphatic rings. The van der Waals surface area contributed by atoms with Crippen molar-refractivity contribution in [2.75, 3.05) is 42.3 Å². The van der Waals surface area contributed by atoms with E-state index in [1.165, 1.54) is 18.5 Å². The molecule has 1 fully saturated rings. The highest BCUT2D eigenvalue weighted by Crippen LogP contribution is 2.23. The number of piperidine rings is 1. The molecule has 1 unspecified atom stereocenters. The predicted molar refractivity (Wildman–Crippen MR) is 96.7 cm³/mol.